The zero-order valence-corrected chi connectivity index (χ0v) is 18.3. The van der Waals surface area contributed by atoms with Crippen LogP contribution in [0.15, 0.2) is 12.1 Å². The first-order valence-corrected chi connectivity index (χ1v) is 10.3. The number of alkyl halides is 2. The third kappa shape index (κ3) is 5.21. The Hall–Kier alpha value is 0.159. The van der Waals surface area contributed by atoms with Crippen LogP contribution in [0.2, 0.25) is 10.0 Å². The predicted molar refractivity (Wildman–Crippen MR) is 110 cm³/mol. The predicted octanol–water partition coefficient (Wildman–Crippen LogP) is 4.47. The van der Waals surface area contributed by atoms with Crippen molar-refractivity contribution < 1.29 is 27.3 Å². The van der Waals surface area contributed by atoms with Crippen molar-refractivity contribution in [3.05, 3.63) is 27.8 Å². The van der Waals surface area contributed by atoms with Gasteiger partial charge in [0.15, 0.2) is 5.75 Å². The molecule has 1 aromatic carbocycles. The summed E-state index contributed by atoms with van der Waals surface area (Å²) < 4.78 is 0. The summed E-state index contributed by atoms with van der Waals surface area (Å²) in [5.74, 6) is 0.464. The normalized spacial score (nSPS) is 31.4. The first kappa shape index (κ1) is 23.4. The Labute approximate surface area is 190 Å². The fraction of sp³-hybridized carbons (Fsp3) is 0.556. The average Bonchev–Trinajstić information content (AvgIpc) is 2.65. The number of nitrogens with one attached hydrogen (secondary N) is 2. The minimum Gasteiger partial charge on any atom is -0.504 e. The molecule has 4 nitrogen and oxygen atoms in total. The Balaban J connectivity index is 0.000000187. The number of fused-ring (bicyclic) bond motifs is 2. The number of anilines is 1. The summed E-state index contributed by atoms with van der Waals surface area (Å²) in [5.41, 5.74) is 1.40. The van der Waals surface area contributed by atoms with Crippen molar-refractivity contribution in [3.63, 3.8) is 0 Å². The van der Waals surface area contributed by atoms with Gasteiger partial charge >= 0.3 is 0 Å². The van der Waals surface area contributed by atoms with E-state index in [0.717, 1.165) is 31.4 Å². The van der Waals surface area contributed by atoms with Crippen LogP contribution < -0.4 is 10.6 Å². The molecule has 1 saturated carbocycles. The van der Waals surface area contributed by atoms with Gasteiger partial charge in [0.05, 0.1) is 27.2 Å². The Morgan fingerprint density at radius 1 is 1.11 bits per heavy atom. The summed E-state index contributed by atoms with van der Waals surface area (Å²) in [7, 11) is 0. The van der Waals surface area contributed by atoms with Gasteiger partial charge in [0.25, 0.3) is 0 Å². The van der Waals surface area contributed by atoms with Crippen LogP contribution in [0, 0.1) is 5.92 Å². The number of aliphatic hydroxyl groups is 1. The standard InChI is InChI=1S/C9H15Cl2NO.C9H7Cl2NO.Cu/c2*10-6-4-7(11)9(13)8-5(6)2-1-3-12-8;/h5-9,12-13H,1-4H2;1-2,4,12-13H,3H2;. The molecular weight excluding hydrogens is 482 g/mol. The van der Waals surface area contributed by atoms with E-state index in [0.29, 0.717) is 23.2 Å². The van der Waals surface area contributed by atoms with Crippen molar-refractivity contribution in [1.82, 2.24) is 5.32 Å². The smallest absolute Gasteiger partial charge is 0.158 e. The van der Waals surface area contributed by atoms with Crippen molar-refractivity contribution in [2.75, 3.05) is 18.4 Å². The van der Waals surface area contributed by atoms with Crippen molar-refractivity contribution >= 4 is 58.2 Å². The number of piperidine rings is 1. The van der Waals surface area contributed by atoms with Gasteiger partial charge in [-0.05, 0) is 37.8 Å². The van der Waals surface area contributed by atoms with Crippen LogP contribution in [-0.2, 0) is 17.1 Å². The van der Waals surface area contributed by atoms with Gasteiger partial charge in [-0.1, -0.05) is 35.4 Å². The molecule has 1 saturated heterocycles. The van der Waals surface area contributed by atoms with E-state index in [9.17, 15) is 10.2 Å². The molecule has 0 spiro atoms. The summed E-state index contributed by atoms with van der Waals surface area (Å²) in [5, 5.41) is 26.5. The number of phenols is 1. The van der Waals surface area contributed by atoms with Crippen LogP contribution >= 0.6 is 46.4 Å². The molecule has 3 aliphatic rings. The molecule has 2 heterocycles. The van der Waals surface area contributed by atoms with E-state index >= 15 is 0 Å². The number of hydrogen-bond donors (Lipinski definition) is 4. The van der Waals surface area contributed by atoms with Crippen molar-refractivity contribution in [3.8, 4) is 5.75 Å². The number of aliphatic hydroxyl groups excluding tert-OH is 1. The van der Waals surface area contributed by atoms with E-state index in [1.165, 1.54) is 6.07 Å². The van der Waals surface area contributed by atoms with E-state index < -0.39 is 6.10 Å². The third-order valence-corrected chi connectivity index (χ3v) is 6.67. The fourth-order valence-electron chi connectivity index (χ4n) is 3.77. The molecule has 5 unspecified atom stereocenters. The quantitative estimate of drug-likeness (QED) is 0.240. The molecule has 1 radical (unpaired) electrons. The summed E-state index contributed by atoms with van der Waals surface area (Å²) >= 11 is 23.9. The van der Waals surface area contributed by atoms with Gasteiger partial charge < -0.3 is 20.8 Å². The Kier molecular flexibility index (Phi) is 8.91. The average molecular weight is 504 g/mol. The molecule has 9 heteroatoms. The number of rotatable bonds is 0. The van der Waals surface area contributed by atoms with Gasteiger partial charge in [0, 0.05) is 40.6 Å². The van der Waals surface area contributed by atoms with Crippen molar-refractivity contribution in [2.45, 2.75) is 42.2 Å². The van der Waals surface area contributed by atoms with Gasteiger partial charge in [-0.3, -0.25) is 0 Å². The van der Waals surface area contributed by atoms with Gasteiger partial charge in [0.1, 0.15) is 0 Å². The zero-order valence-electron chi connectivity index (χ0n) is 14.4. The Morgan fingerprint density at radius 2 is 1.85 bits per heavy atom. The SMILES string of the molecule is OC1C(Cl)CC(Cl)C2CCCNC12.Oc1c(Cl)cc(Cl)c2c1NCC=C2.[Cu]. The Morgan fingerprint density at radius 3 is 2.59 bits per heavy atom. The van der Waals surface area contributed by atoms with E-state index in [-0.39, 0.29) is 44.6 Å². The van der Waals surface area contributed by atoms with Crippen LogP contribution in [-0.4, -0.2) is 46.2 Å². The van der Waals surface area contributed by atoms with E-state index in [4.69, 9.17) is 46.4 Å². The first-order valence-electron chi connectivity index (χ1n) is 8.71. The summed E-state index contributed by atoms with van der Waals surface area (Å²) in [6.45, 7) is 1.66. The number of aromatic hydroxyl groups is 1. The molecule has 0 bridgehead atoms. The van der Waals surface area contributed by atoms with Gasteiger partial charge in [-0.2, -0.15) is 0 Å². The maximum absolute atomic E-state index is 9.84. The molecule has 4 rings (SSSR count). The molecule has 1 aliphatic carbocycles. The molecule has 0 amide bonds. The summed E-state index contributed by atoms with van der Waals surface area (Å²) in [6, 6.07) is 1.65. The second kappa shape index (κ2) is 10.3. The molecule has 27 heavy (non-hydrogen) atoms. The second-order valence-electron chi connectivity index (χ2n) is 6.81. The van der Waals surface area contributed by atoms with Crippen LogP contribution in [0.25, 0.3) is 6.08 Å². The number of phenolic OH excluding ortho intramolecular Hbond substituents is 1. The van der Waals surface area contributed by atoms with Crippen LogP contribution in [0.1, 0.15) is 24.8 Å². The molecule has 2 aliphatic heterocycles. The van der Waals surface area contributed by atoms with E-state index in [1.54, 1.807) is 0 Å². The monoisotopic (exact) mass is 501 g/mol. The van der Waals surface area contributed by atoms with Crippen LogP contribution in [0.4, 0.5) is 5.69 Å². The molecule has 155 valence electrons. The maximum atomic E-state index is 9.84. The van der Waals surface area contributed by atoms with Crippen LogP contribution in [0.3, 0.4) is 0 Å². The first-order chi connectivity index (χ1) is 12.4. The van der Waals surface area contributed by atoms with E-state index in [1.807, 2.05) is 12.2 Å². The van der Waals surface area contributed by atoms with Gasteiger partial charge in [-0.25, -0.2) is 0 Å². The Bertz CT molecular complexity index is 692. The topological polar surface area (TPSA) is 64.5 Å². The number of benzene rings is 1. The third-order valence-electron chi connectivity index (χ3n) is 5.13. The number of halogens is 4. The van der Waals surface area contributed by atoms with Gasteiger partial charge in [0.2, 0.25) is 0 Å². The van der Waals surface area contributed by atoms with Crippen molar-refractivity contribution in [2.24, 2.45) is 5.92 Å². The summed E-state index contributed by atoms with van der Waals surface area (Å²) in [4.78, 5) is 0. The molecule has 2 fully saturated rings. The molecule has 0 aromatic heterocycles. The summed E-state index contributed by atoms with van der Waals surface area (Å²) in [6.07, 6.45) is 6.37. The van der Waals surface area contributed by atoms with Crippen molar-refractivity contribution in [1.29, 1.82) is 0 Å². The number of hydrogen-bond acceptors (Lipinski definition) is 4. The minimum atomic E-state index is -0.429. The molecule has 1 aromatic rings. The second-order valence-corrected chi connectivity index (χ2v) is 8.74. The zero-order chi connectivity index (χ0) is 18.8. The molecule has 4 N–H and O–H groups in total. The van der Waals surface area contributed by atoms with Gasteiger partial charge in [-0.15, -0.1) is 23.2 Å². The van der Waals surface area contributed by atoms with Crippen LogP contribution in [0.5, 0.6) is 5.75 Å². The van der Waals surface area contributed by atoms with E-state index in [2.05, 4.69) is 10.6 Å². The minimum absolute atomic E-state index is 0. The molecule has 5 atom stereocenters. The maximum Gasteiger partial charge on any atom is 0.158 e. The molecular formula is C18H22Cl4CuN2O2. The largest absolute Gasteiger partial charge is 0.504 e. The fourth-order valence-corrected chi connectivity index (χ4v) is 5.22.